The van der Waals surface area contributed by atoms with Gasteiger partial charge in [0, 0.05) is 5.56 Å². The highest BCUT2D eigenvalue weighted by Gasteiger charge is 2.38. The highest BCUT2D eigenvalue weighted by molar-refractivity contribution is 5.81. The summed E-state index contributed by atoms with van der Waals surface area (Å²) in [7, 11) is 0. The molecule has 11 heteroatoms. The molecule has 0 saturated carbocycles. The molecule has 0 atom stereocenters. The van der Waals surface area contributed by atoms with Gasteiger partial charge in [0.05, 0.1) is 13.0 Å². The van der Waals surface area contributed by atoms with Gasteiger partial charge >= 0.3 is 18.2 Å². The highest BCUT2D eigenvalue weighted by Crippen LogP contribution is 2.29. The van der Waals surface area contributed by atoms with Crippen molar-refractivity contribution in [1.82, 2.24) is 20.6 Å². The van der Waals surface area contributed by atoms with Gasteiger partial charge < -0.3 is 9.26 Å². The number of carbonyl (C=O) groups is 2. The average molecular weight is 356 g/mol. The molecule has 1 saturated heterocycles. The van der Waals surface area contributed by atoms with Crippen molar-refractivity contribution in [1.29, 1.82) is 0 Å². The van der Waals surface area contributed by atoms with Crippen molar-refractivity contribution in [3.8, 4) is 11.4 Å². The van der Waals surface area contributed by atoms with Crippen LogP contribution in [0, 0.1) is 0 Å². The summed E-state index contributed by atoms with van der Waals surface area (Å²) in [6.07, 6.45) is -5.36. The Morgan fingerprint density at radius 2 is 2.00 bits per heavy atom. The number of cyclic esters (lactones) is 1. The van der Waals surface area contributed by atoms with Crippen molar-refractivity contribution in [3.63, 3.8) is 0 Å². The molecule has 1 aliphatic heterocycles. The fraction of sp³-hybridized carbons (Fsp3) is 0.286. The van der Waals surface area contributed by atoms with Gasteiger partial charge in [-0.3, -0.25) is 10.2 Å². The van der Waals surface area contributed by atoms with Crippen LogP contribution in [0.25, 0.3) is 11.4 Å². The lowest BCUT2D eigenvalue weighted by Gasteiger charge is -2.13. The largest absolute Gasteiger partial charge is 0.471 e. The number of ether oxygens (including phenoxy) is 1. The van der Waals surface area contributed by atoms with Gasteiger partial charge in [-0.2, -0.15) is 18.2 Å². The van der Waals surface area contributed by atoms with Crippen molar-refractivity contribution in [3.05, 3.63) is 35.7 Å². The lowest BCUT2D eigenvalue weighted by atomic mass is 10.1. The van der Waals surface area contributed by atoms with E-state index in [1.807, 2.05) is 0 Å². The molecule has 1 fully saturated rings. The van der Waals surface area contributed by atoms with Gasteiger partial charge in [-0.15, -0.1) is 0 Å². The third-order valence-electron chi connectivity index (χ3n) is 3.27. The van der Waals surface area contributed by atoms with E-state index >= 15 is 0 Å². The molecule has 0 spiro atoms. The first kappa shape index (κ1) is 16.7. The molecule has 1 aliphatic rings. The predicted molar refractivity (Wildman–Crippen MR) is 74.6 cm³/mol. The monoisotopic (exact) mass is 356 g/mol. The predicted octanol–water partition coefficient (Wildman–Crippen LogP) is 1.78. The second-order valence-corrected chi connectivity index (χ2v) is 5.10. The van der Waals surface area contributed by atoms with E-state index in [1.165, 1.54) is 12.1 Å². The van der Waals surface area contributed by atoms with Crippen molar-refractivity contribution in [2.75, 3.05) is 13.2 Å². The molecule has 0 bridgehead atoms. The topological polar surface area (TPSA) is 97.6 Å². The maximum Gasteiger partial charge on any atom is 0.471 e. The first-order valence-electron chi connectivity index (χ1n) is 7.07. The molecule has 1 aromatic heterocycles. The van der Waals surface area contributed by atoms with E-state index < -0.39 is 24.1 Å². The summed E-state index contributed by atoms with van der Waals surface area (Å²) in [4.78, 5) is 26.4. The normalized spacial score (nSPS) is 14.5. The van der Waals surface area contributed by atoms with Crippen LogP contribution in [0.5, 0.6) is 0 Å². The molecule has 8 nitrogen and oxygen atoms in total. The molecular weight excluding hydrogens is 345 g/mol. The Hall–Kier alpha value is -3.11. The molecule has 1 N–H and O–H groups in total. The zero-order chi connectivity index (χ0) is 18.0. The number of hydrogen-bond acceptors (Lipinski definition) is 6. The fourth-order valence-electron chi connectivity index (χ4n) is 2.10. The standard InChI is InChI=1S/C14H11F3N4O4/c15-14(16,17)12-18-11(20-25-12)9-3-1-8(2-4-9)7-10(22)19-21-5-6-24-13(21)23/h1-4H,5-7H2,(H,19,22). The van der Waals surface area contributed by atoms with Gasteiger partial charge in [-0.05, 0) is 5.56 Å². The quantitative estimate of drug-likeness (QED) is 0.897. The van der Waals surface area contributed by atoms with Crippen LogP contribution < -0.4 is 5.43 Å². The molecule has 132 valence electrons. The van der Waals surface area contributed by atoms with Crippen molar-refractivity contribution in [2.24, 2.45) is 0 Å². The summed E-state index contributed by atoms with van der Waals surface area (Å²) in [5.41, 5.74) is 3.30. The fourth-order valence-corrected chi connectivity index (χ4v) is 2.10. The average Bonchev–Trinajstić information content (AvgIpc) is 3.18. The molecule has 2 aromatic rings. The number of hydrazine groups is 1. The van der Waals surface area contributed by atoms with Gasteiger partial charge in [0.1, 0.15) is 6.61 Å². The van der Waals surface area contributed by atoms with Crippen LogP contribution in [0.3, 0.4) is 0 Å². The van der Waals surface area contributed by atoms with E-state index in [2.05, 4.69) is 24.8 Å². The molecule has 2 heterocycles. The number of alkyl halides is 3. The van der Waals surface area contributed by atoms with Gasteiger partial charge in [0.25, 0.3) is 0 Å². The number of hydrogen-bond donors (Lipinski definition) is 1. The smallest absolute Gasteiger partial charge is 0.446 e. The number of nitrogens with zero attached hydrogens (tertiary/aromatic N) is 3. The van der Waals surface area contributed by atoms with E-state index in [9.17, 15) is 22.8 Å². The summed E-state index contributed by atoms with van der Waals surface area (Å²) in [5.74, 6) is -2.06. The van der Waals surface area contributed by atoms with Crippen molar-refractivity contribution in [2.45, 2.75) is 12.6 Å². The lowest BCUT2D eigenvalue weighted by Crippen LogP contribution is -2.43. The first-order chi connectivity index (χ1) is 11.8. The number of nitrogens with one attached hydrogen (secondary N) is 1. The molecular formula is C14H11F3N4O4. The Balaban J connectivity index is 1.63. The van der Waals surface area contributed by atoms with E-state index in [0.29, 0.717) is 11.1 Å². The highest BCUT2D eigenvalue weighted by atomic mass is 19.4. The zero-order valence-corrected chi connectivity index (χ0v) is 12.5. The number of rotatable bonds is 4. The van der Waals surface area contributed by atoms with Crippen LogP contribution in [-0.2, 0) is 22.1 Å². The SMILES string of the molecule is O=C(Cc1ccc(-c2noc(C(F)(F)F)n2)cc1)NN1CCOC1=O. The van der Waals surface area contributed by atoms with Crippen molar-refractivity contribution >= 4 is 12.0 Å². The second kappa shape index (κ2) is 6.42. The Labute approximate surface area is 138 Å². The minimum atomic E-state index is -4.71. The number of carbonyl (C=O) groups excluding carboxylic acids is 2. The lowest BCUT2D eigenvalue weighted by molar-refractivity contribution is -0.159. The Morgan fingerprint density at radius 1 is 1.28 bits per heavy atom. The third-order valence-corrected chi connectivity index (χ3v) is 3.27. The summed E-state index contributed by atoms with van der Waals surface area (Å²) < 4.78 is 46.2. The van der Waals surface area contributed by atoms with E-state index in [-0.39, 0.29) is 25.4 Å². The minimum Gasteiger partial charge on any atom is -0.446 e. The molecule has 0 unspecified atom stereocenters. The minimum absolute atomic E-state index is 0.0237. The molecule has 3 rings (SSSR count). The molecule has 0 aliphatic carbocycles. The number of amides is 2. The number of halogens is 3. The van der Waals surface area contributed by atoms with Crippen LogP contribution in [0.2, 0.25) is 0 Å². The maximum atomic E-state index is 12.4. The Bertz CT molecular complexity index is 788. The summed E-state index contributed by atoms with van der Waals surface area (Å²) in [5, 5.41) is 4.34. The third kappa shape index (κ3) is 3.87. The molecule has 0 radical (unpaired) electrons. The summed E-state index contributed by atoms with van der Waals surface area (Å²) >= 11 is 0. The van der Waals surface area contributed by atoms with Gasteiger partial charge in [-0.1, -0.05) is 29.4 Å². The molecule has 1 aromatic carbocycles. The second-order valence-electron chi connectivity index (χ2n) is 5.10. The van der Waals surface area contributed by atoms with E-state index in [4.69, 9.17) is 0 Å². The van der Waals surface area contributed by atoms with Gasteiger partial charge in [0.2, 0.25) is 11.7 Å². The van der Waals surface area contributed by atoms with Crippen LogP contribution >= 0.6 is 0 Å². The Kier molecular flexibility index (Phi) is 4.30. The van der Waals surface area contributed by atoms with Crippen molar-refractivity contribution < 1.29 is 32.0 Å². The molecule has 25 heavy (non-hydrogen) atoms. The molecule has 2 amide bonds. The summed E-state index contributed by atoms with van der Waals surface area (Å²) in [6, 6.07) is 6.02. The van der Waals surface area contributed by atoms with Crippen LogP contribution in [0.15, 0.2) is 28.8 Å². The maximum absolute atomic E-state index is 12.4. The number of aromatic nitrogens is 2. The van der Waals surface area contributed by atoms with E-state index in [0.717, 1.165) is 5.01 Å². The van der Waals surface area contributed by atoms with Gasteiger partial charge in [-0.25, -0.2) is 9.80 Å². The van der Waals surface area contributed by atoms with Crippen LogP contribution in [0.1, 0.15) is 11.5 Å². The summed E-state index contributed by atoms with van der Waals surface area (Å²) in [6.45, 7) is 0.474. The van der Waals surface area contributed by atoms with Gasteiger partial charge in [0.15, 0.2) is 0 Å². The first-order valence-corrected chi connectivity index (χ1v) is 7.07. The van der Waals surface area contributed by atoms with Crippen LogP contribution in [-0.4, -0.2) is 40.3 Å². The number of benzene rings is 1. The Morgan fingerprint density at radius 3 is 2.56 bits per heavy atom. The van der Waals surface area contributed by atoms with E-state index in [1.54, 1.807) is 12.1 Å². The zero-order valence-electron chi connectivity index (χ0n) is 12.5. The van der Waals surface area contributed by atoms with Crippen LogP contribution in [0.4, 0.5) is 18.0 Å².